The Morgan fingerprint density at radius 3 is 2.68 bits per heavy atom. The van der Waals surface area contributed by atoms with Gasteiger partial charge in [0.15, 0.2) is 0 Å². The first-order valence-electron chi connectivity index (χ1n) is 5.66. The molecular weight excluding hydrogens is 372 g/mol. The smallest absolute Gasteiger partial charge is 0.128 e. The molecule has 0 amide bonds. The molecule has 0 saturated heterocycles. The van der Waals surface area contributed by atoms with Crippen molar-refractivity contribution in [3.05, 3.63) is 54.4 Å². The fourth-order valence-electron chi connectivity index (χ4n) is 1.81. The lowest BCUT2D eigenvalue weighted by molar-refractivity contribution is 0.563. The highest BCUT2D eigenvalue weighted by atomic mass is 79.9. The summed E-state index contributed by atoms with van der Waals surface area (Å²) in [5.74, 6) is -0.281. The number of thiophene rings is 1. The van der Waals surface area contributed by atoms with Crippen LogP contribution < -0.4 is 5.32 Å². The molecule has 1 nitrogen and oxygen atoms in total. The molecule has 0 aliphatic heterocycles. The van der Waals surface area contributed by atoms with E-state index in [1.807, 2.05) is 13.0 Å². The van der Waals surface area contributed by atoms with Gasteiger partial charge in [0.25, 0.3) is 0 Å². The summed E-state index contributed by atoms with van der Waals surface area (Å²) < 4.78 is 14.8. The second-order valence-electron chi connectivity index (χ2n) is 3.93. The third kappa shape index (κ3) is 3.50. The molecule has 1 unspecified atom stereocenters. The summed E-state index contributed by atoms with van der Waals surface area (Å²) in [4.78, 5) is 0.944. The molecule has 6 heteroatoms. The van der Waals surface area contributed by atoms with Gasteiger partial charge in [-0.2, -0.15) is 0 Å². The molecule has 2 rings (SSSR count). The zero-order chi connectivity index (χ0) is 14.0. The molecule has 1 N–H and O–H groups in total. The minimum atomic E-state index is -0.281. The number of hydrogen-bond donors (Lipinski definition) is 1. The minimum Gasteiger partial charge on any atom is -0.306 e. The lowest BCUT2D eigenvalue weighted by Crippen LogP contribution is -2.22. The second-order valence-corrected chi connectivity index (χ2v) is 7.17. The zero-order valence-corrected chi connectivity index (χ0v) is 13.9. The Bertz CT molecular complexity index is 569. The first-order chi connectivity index (χ1) is 9.02. The second kappa shape index (κ2) is 6.55. The molecule has 0 radical (unpaired) electrons. The molecule has 2 aromatic rings. The fourth-order valence-corrected chi connectivity index (χ4v) is 3.83. The summed E-state index contributed by atoms with van der Waals surface area (Å²) in [6.45, 7) is 2.68. The Morgan fingerprint density at radius 1 is 1.37 bits per heavy atom. The van der Waals surface area contributed by atoms with Crippen LogP contribution in [0.5, 0.6) is 0 Å². The molecule has 0 saturated carbocycles. The van der Waals surface area contributed by atoms with Crippen LogP contribution in [0.25, 0.3) is 0 Å². The van der Waals surface area contributed by atoms with Crippen molar-refractivity contribution in [1.82, 2.24) is 5.32 Å². The maximum absolute atomic E-state index is 14.0. The number of halogens is 4. The zero-order valence-electron chi connectivity index (χ0n) is 10.0. The molecule has 0 bridgehead atoms. The van der Waals surface area contributed by atoms with Crippen LogP contribution in [0.1, 0.15) is 23.4 Å². The van der Waals surface area contributed by atoms with Crippen LogP contribution in [0.4, 0.5) is 4.39 Å². The van der Waals surface area contributed by atoms with Crippen molar-refractivity contribution < 1.29 is 4.39 Å². The van der Waals surface area contributed by atoms with Crippen molar-refractivity contribution in [2.45, 2.75) is 13.0 Å². The van der Waals surface area contributed by atoms with E-state index in [1.165, 1.54) is 17.4 Å². The molecule has 0 fully saturated rings. The van der Waals surface area contributed by atoms with Gasteiger partial charge >= 0.3 is 0 Å². The topological polar surface area (TPSA) is 12.0 Å². The van der Waals surface area contributed by atoms with Gasteiger partial charge in [-0.15, -0.1) is 11.3 Å². The van der Waals surface area contributed by atoms with E-state index in [4.69, 9.17) is 23.2 Å². The van der Waals surface area contributed by atoms with Gasteiger partial charge in [0.1, 0.15) is 5.82 Å². The Kier molecular flexibility index (Phi) is 5.26. The molecule has 19 heavy (non-hydrogen) atoms. The van der Waals surface area contributed by atoms with Crippen LogP contribution in [-0.4, -0.2) is 6.54 Å². The summed E-state index contributed by atoms with van der Waals surface area (Å²) in [5, 5.41) is 4.40. The van der Waals surface area contributed by atoms with Crippen LogP contribution in [0.2, 0.25) is 10.0 Å². The maximum atomic E-state index is 14.0. The van der Waals surface area contributed by atoms with E-state index < -0.39 is 0 Å². The van der Waals surface area contributed by atoms with Crippen LogP contribution in [0.3, 0.4) is 0 Å². The SMILES string of the molecule is CCNC(c1cc(Cl)c(Br)s1)c1cc(Cl)ccc1F. The lowest BCUT2D eigenvalue weighted by Gasteiger charge is -2.17. The average Bonchev–Trinajstić information content (AvgIpc) is 2.70. The number of nitrogens with one attached hydrogen (secondary N) is 1. The van der Waals surface area contributed by atoms with E-state index in [1.54, 1.807) is 12.1 Å². The number of rotatable bonds is 4. The van der Waals surface area contributed by atoms with Gasteiger partial charge in [-0.3, -0.25) is 0 Å². The standard InChI is InChI=1S/C13H11BrCl2FNS/c1-2-18-12(11-6-9(16)13(14)19-11)8-5-7(15)3-4-10(8)17/h3-6,12,18H,2H2,1H3. The summed E-state index contributed by atoms with van der Waals surface area (Å²) in [5.41, 5.74) is 0.528. The fraction of sp³-hybridized carbons (Fsp3) is 0.231. The maximum Gasteiger partial charge on any atom is 0.128 e. The molecule has 1 atom stereocenters. The Hall–Kier alpha value is -0.130. The highest BCUT2D eigenvalue weighted by Crippen LogP contribution is 2.38. The average molecular weight is 383 g/mol. The first-order valence-corrected chi connectivity index (χ1v) is 8.02. The van der Waals surface area contributed by atoms with Crippen molar-refractivity contribution >= 4 is 50.5 Å². The van der Waals surface area contributed by atoms with Gasteiger partial charge in [0.05, 0.1) is 14.9 Å². The predicted molar refractivity (Wildman–Crippen MR) is 84.0 cm³/mol. The van der Waals surface area contributed by atoms with Crippen molar-refractivity contribution in [3.8, 4) is 0 Å². The Balaban J connectivity index is 2.47. The van der Waals surface area contributed by atoms with Gasteiger partial charge in [-0.25, -0.2) is 4.39 Å². The van der Waals surface area contributed by atoms with Gasteiger partial charge < -0.3 is 5.32 Å². The van der Waals surface area contributed by atoms with Crippen LogP contribution in [0, 0.1) is 5.82 Å². The van der Waals surface area contributed by atoms with E-state index in [2.05, 4.69) is 21.2 Å². The molecular formula is C13H11BrCl2FNS. The van der Waals surface area contributed by atoms with Crippen molar-refractivity contribution in [3.63, 3.8) is 0 Å². The summed E-state index contributed by atoms with van der Waals surface area (Å²) >= 11 is 16.9. The van der Waals surface area contributed by atoms with E-state index in [-0.39, 0.29) is 11.9 Å². The van der Waals surface area contributed by atoms with E-state index >= 15 is 0 Å². The van der Waals surface area contributed by atoms with Crippen molar-refractivity contribution in [2.75, 3.05) is 6.54 Å². The summed E-state index contributed by atoms with van der Waals surface area (Å²) in [6.07, 6.45) is 0. The third-order valence-electron chi connectivity index (χ3n) is 2.63. The number of hydrogen-bond acceptors (Lipinski definition) is 2. The summed E-state index contributed by atoms with van der Waals surface area (Å²) in [6, 6.07) is 6.15. The van der Waals surface area contributed by atoms with E-state index in [0.717, 1.165) is 8.66 Å². The summed E-state index contributed by atoms with van der Waals surface area (Å²) in [7, 11) is 0. The highest BCUT2D eigenvalue weighted by molar-refractivity contribution is 9.11. The Labute approximate surface area is 133 Å². The van der Waals surface area contributed by atoms with E-state index in [9.17, 15) is 4.39 Å². The van der Waals surface area contributed by atoms with Gasteiger partial charge in [0, 0.05) is 15.5 Å². The lowest BCUT2D eigenvalue weighted by atomic mass is 10.0. The molecule has 0 spiro atoms. The number of benzene rings is 1. The predicted octanol–water partition coefficient (Wildman–Crippen LogP) is 5.66. The normalized spacial score (nSPS) is 12.7. The van der Waals surface area contributed by atoms with Gasteiger partial charge in [0.2, 0.25) is 0 Å². The van der Waals surface area contributed by atoms with Crippen LogP contribution in [0.15, 0.2) is 28.1 Å². The minimum absolute atomic E-state index is 0.252. The largest absolute Gasteiger partial charge is 0.306 e. The Morgan fingerprint density at radius 2 is 2.11 bits per heavy atom. The molecule has 0 aliphatic carbocycles. The molecule has 1 heterocycles. The molecule has 1 aromatic carbocycles. The molecule has 0 aliphatic rings. The van der Waals surface area contributed by atoms with Gasteiger partial charge in [-0.05, 0) is 46.7 Å². The first kappa shape index (κ1) is 15.3. The third-order valence-corrected chi connectivity index (χ3v) is 5.40. The van der Waals surface area contributed by atoms with Crippen LogP contribution >= 0.6 is 50.5 Å². The molecule has 102 valence electrons. The van der Waals surface area contributed by atoms with Gasteiger partial charge in [-0.1, -0.05) is 30.1 Å². The monoisotopic (exact) mass is 381 g/mol. The molecule has 1 aromatic heterocycles. The quantitative estimate of drug-likeness (QED) is 0.719. The van der Waals surface area contributed by atoms with E-state index in [0.29, 0.717) is 22.2 Å². The highest BCUT2D eigenvalue weighted by Gasteiger charge is 2.20. The van der Waals surface area contributed by atoms with Crippen molar-refractivity contribution in [2.24, 2.45) is 0 Å². The van der Waals surface area contributed by atoms with Crippen LogP contribution in [-0.2, 0) is 0 Å². The van der Waals surface area contributed by atoms with Crippen molar-refractivity contribution in [1.29, 1.82) is 0 Å².